The Hall–Kier alpha value is -1.18. The monoisotopic (exact) mass is 371 g/mol. The highest BCUT2D eigenvalue weighted by Gasteiger charge is 2.49. The van der Waals surface area contributed by atoms with Gasteiger partial charge in [0.05, 0.1) is 11.4 Å². The largest absolute Gasteiger partial charge is 0.489 e. The second kappa shape index (κ2) is 7.21. The second-order valence-corrected chi connectivity index (χ2v) is 9.22. The van der Waals surface area contributed by atoms with Gasteiger partial charge in [-0.1, -0.05) is 25.5 Å². The molecule has 1 aliphatic heterocycles. The minimum Gasteiger partial charge on any atom is -0.489 e. The predicted octanol–water partition coefficient (Wildman–Crippen LogP) is 2.41. The van der Waals surface area contributed by atoms with Gasteiger partial charge in [-0.05, 0) is 37.3 Å². The van der Waals surface area contributed by atoms with Crippen LogP contribution in [0.2, 0.25) is 0 Å². The molecule has 1 N–H and O–H groups in total. The lowest BCUT2D eigenvalue weighted by atomic mass is 9.69. The topological polar surface area (TPSA) is 66.8 Å². The Morgan fingerprint density at radius 3 is 2.84 bits per heavy atom. The van der Waals surface area contributed by atoms with Crippen LogP contribution in [0.15, 0.2) is 24.3 Å². The molecule has 2 fully saturated rings. The van der Waals surface area contributed by atoms with Gasteiger partial charge in [0.2, 0.25) is 10.0 Å². The Morgan fingerprint density at radius 2 is 2.12 bits per heavy atom. The van der Waals surface area contributed by atoms with E-state index in [9.17, 15) is 17.9 Å². The van der Waals surface area contributed by atoms with E-state index < -0.39 is 21.4 Å². The van der Waals surface area contributed by atoms with Gasteiger partial charge < -0.3 is 9.84 Å². The molecular formula is C18H26FNO4S. The second-order valence-electron chi connectivity index (χ2n) is 7.13. The van der Waals surface area contributed by atoms with Crippen LogP contribution < -0.4 is 4.74 Å². The summed E-state index contributed by atoms with van der Waals surface area (Å²) in [4.78, 5) is 0. The SMILES string of the molecule is CC[C@@]1(O)CCC[C@@H]2CN(S(=O)(=O)CCOc3ccccc3F)C[C@@H]21. The highest BCUT2D eigenvalue weighted by atomic mass is 32.2. The van der Waals surface area contributed by atoms with Crippen LogP contribution in [0.3, 0.4) is 0 Å². The van der Waals surface area contributed by atoms with E-state index >= 15 is 0 Å². The fourth-order valence-corrected chi connectivity index (χ4v) is 5.56. The zero-order valence-corrected chi connectivity index (χ0v) is 15.3. The number of sulfonamides is 1. The highest BCUT2D eigenvalue weighted by Crippen LogP contribution is 2.44. The number of hydrogen-bond acceptors (Lipinski definition) is 4. The summed E-state index contributed by atoms with van der Waals surface area (Å²) in [5.74, 6) is -0.395. The number of nitrogens with zero attached hydrogens (tertiary/aromatic N) is 1. The van der Waals surface area contributed by atoms with Crippen molar-refractivity contribution in [1.29, 1.82) is 0 Å². The summed E-state index contributed by atoms with van der Waals surface area (Å²) in [7, 11) is -3.48. The van der Waals surface area contributed by atoms with Crippen LogP contribution in [-0.4, -0.2) is 48.9 Å². The first-order chi connectivity index (χ1) is 11.9. The Balaban J connectivity index is 1.61. The van der Waals surface area contributed by atoms with E-state index in [4.69, 9.17) is 4.74 Å². The number of rotatable bonds is 6. The van der Waals surface area contributed by atoms with Crippen molar-refractivity contribution in [3.63, 3.8) is 0 Å². The molecule has 1 aromatic carbocycles. The molecule has 3 rings (SSSR count). The fourth-order valence-electron chi connectivity index (χ4n) is 4.20. The number of aliphatic hydroxyl groups is 1. The van der Waals surface area contributed by atoms with Gasteiger partial charge in [-0.15, -0.1) is 0 Å². The molecule has 1 aromatic rings. The standard InChI is InChI=1S/C18H26FNO4S/c1-2-18(21)9-5-6-14-12-20(13-15(14)18)25(22,23)11-10-24-17-8-4-3-7-16(17)19/h3-4,7-8,14-15,21H,2,5-6,9-13H2,1H3/t14-,15+,18-/m1/s1. The van der Waals surface area contributed by atoms with E-state index in [-0.39, 0.29) is 29.9 Å². The van der Waals surface area contributed by atoms with Crippen LogP contribution in [0.5, 0.6) is 5.75 Å². The number of benzene rings is 1. The molecule has 3 atom stereocenters. The van der Waals surface area contributed by atoms with Gasteiger partial charge in [-0.2, -0.15) is 0 Å². The van der Waals surface area contributed by atoms with Crippen molar-refractivity contribution in [2.75, 3.05) is 25.4 Å². The van der Waals surface area contributed by atoms with Crippen molar-refractivity contribution >= 4 is 10.0 Å². The van der Waals surface area contributed by atoms with Gasteiger partial charge in [-0.3, -0.25) is 0 Å². The molecule has 0 radical (unpaired) electrons. The Labute approximate surface area is 148 Å². The first-order valence-corrected chi connectivity index (χ1v) is 10.5. The van der Waals surface area contributed by atoms with E-state index in [0.717, 1.165) is 19.3 Å². The third-order valence-electron chi connectivity index (χ3n) is 5.72. The highest BCUT2D eigenvalue weighted by molar-refractivity contribution is 7.89. The van der Waals surface area contributed by atoms with Crippen LogP contribution in [-0.2, 0) is 10.0 Å². The van der Waals surface area contributed by atoms with Gasteiger partial charge in [-0.25, -0.2) is 17.1 Å². The molecule has 0 aromatic heterocycles. The van der Waals surface area contributed by atoms with Crippen LogP contribution in [0.25, 0.3) is 0 Å². The number of hydrogen-bond donors (Lipinski definition) is 1. The maximum Gasteiger partial charge on any atom is 0.217 e. The molecule has 5 nitrogen and oxygen atoms in total. The van der Waals surface area contributed by atoms with Crippen LogP contribution in [0.1, 0.15) is 32.6 Å². The van der Waals surface area contributed by atoms with Gasteiger partial charge in [0.25, 0.3) is 0 Å². The molecule has 2 aliphatic rings. The maximum atomic E-state index is 13.5. The third kappa shape index (κ3) is 3.83. The Bertz CT molecular complexity index is 711. The summed E-state index contributed by atoms with van der Waals surface area (Å²) in [5.41, 5.74) is -0.753. The van der Waals surface area contributed by atoms with Gasteiger partial charge >= 0.3 is 0 Å². The van der Waals surface area contributed by atoms with E-state index in [1.165, 1.54) is 16.4 Å². The Kier molecular flexibility index (Phi) is 5.37. The lowest BCUT2D eigenvalue weighted by Gasteiger charge is -2.40. The van der Waals surface area contributed by atoms with Crippen molar-refractivity contribution < 1.29 is 22.7 Å². The van der Waals surface area contributed by atoms with E-state index in [1.807, 2.05) is 6.92 Å². The van der Waals surface area contributed by atoms with Crippen molar-refractivity contribution in [2.45, 2.75) is 38.2 Å². The zero-order chi connectivity index (χ0) is 18.1. The van der Waals surface area contributed by atoms with Crippen LogP contribution in [0, 0.1) is 17.7 Å². The normalized spacial score (nSPS) is 30.2. The quantitative estimate of drug-likeness (QED) is 0.834. The molecule has 1 saturated heterocycles. The summed E-state index contributed by atoms with van der Waals surface area (Å²) in [6.07, 6.45) is 3.30. The van der Waals surface area contributed by atoms with Gasteiger partial charge in [0.1, 0.15) is 6.61 Å². The predicted molar refractivity (Wildman–Crippen MR) is 93.3 cm³/mol. The minimum atomic E-state index is -3.48. The van der Waals surface area contributed by atoms with E-state index in [1.54, 1.807) is 12.1 Å². The fraction of sp³-hybridized carbons (Fsp3) is 0.667. The number of fused-ring (bicyclic) bond motifs is 1. The summed E-state index contributed by atoms with van der Waals surface area (Å²) < 4.78 is 45.5. The van der Waals surface area contributed by atoms with Crippen LogP contribution in [0.4, 0.5) is 4.39 Å². The van der Waals surface area contributed by atoms with E-state index in [0.29, 0.717) is 19.5 Å². The number of halogens is 1. The molecule has 1 aliphatic carbocycles. The third-order valence-corrected chi connectivity index (χ3v) is 7.49. The number of ether oxygens (including phenoxy) is 1. The molecule has 25 heavy (non-hydrogen) atoms. The summed E-state index contributed by atoms with van der Waals surface area (Å²) in [6.45, 7) is 2.71. The molecule has 0 unspecified atom stereocenters. The van der Waals surface area contributed by atoms with Crippen molar-refractivity contribution in [3.8, 4) is 5.75 Å². The smallest absolute Gasteiger partial charge is 0.217 e. The maximum absolute atomic E-state index is 13.5. The molecule has 0 spiro atoms. The minimum absolute atomic E-state index is 0.00788. The zero-order valence-electron chi connectivity index (χ0n) is 14.5. The molecule has 0 bridgehead atoms. The first-order valence-electron chi connectivity index (χ1n) is 8.93. The van der Waals surface area contributed by atoms with Crippen LogP contribution >= 0.6 is 0 Å². The van der Waals surface area contributed by atoms with E-state index in [2.05, 4.69) is 0 Å². The molecule has 1 saturated carbocycles. The summed E-state index contributed by atoms with van der Waals surface area (Å²) in [5, 5.41) is 10.8. The van der Waals surface area contributed by atoms with Gasteiger partial charge in [0, 0.05) is 19.0 Å². The Morgan fingerprint density at radius 1 is 1.36 bits per heavy atom. The molecule has 0 amide bonds. The average molecular weight is 371 g/mol. The summed E-state index contributed by atoms with van der Waals surface area (Å²) >= 11 is 0. The number of para-hydroxylation sites is 1. The summed E-state index contributed by atoms with van der Waals surface area (Å²) in [6, 6.07) is 5.96. The lowest BCUT2D eigenvalue weighted by molar-refractivity contribution is -0.0605. The van der Waals surface area contributed by atoms with Crippen molar-refractivity contribution in [3.05, 3.63) is 30.1 Å². The average Bonchev–Trinajstić information content (AvgIpc) is 3.03. The van der Waals surface area contributed by atoms with Gasteiger partial charge in [0.15, 0.2) is 11.6 Å². The van der Waals surface area contributed by atoms with Crippen molar-refractivity contribution in [2.24, 2.45) is 11.8 Å². The molecule has 140 valence electrons. The first kappa shape index (κ1) is 18.6. The molecular weight excluding hydrogens is 345 g/mol. The lowest BCUT2D eigenvalue weighted by Crippen LogP contribution is -2.44. The van der Waals surface area contributed by atoms with Crippen molar-refractivity contribution in [1.82, 2.24) is 4.31 Å². The molecule has 7 heteroatoms. The molecule has 1 heterocycles.